The van der Waals surface area contributed by atoms with Crippen molar-refractivity contribution in [2.75, 3.05) is 21.3 Å². The molecule has 0 aliphatic carbocycles. The zero-order valence-electron chi connectivity index (χ0n) is 16.1. The van der Waals surface area contributed by atoms with Crippen molar-refractivity contribution >= 4 is 22.7 Å². The largest absolute Gasteiger partial charge is 0.493 e. The second-order valence-electron chi connectivity index (χ2n) is 6.00. The molecule has 0 aliphatic rings. The van der Waals surface area contributed by atoms with Gasteiger partial charge in [0.05, 0.1) is 26.9 Å². The summed E-state index contributed by atoms with van der Waals surface area (Å²) in [5.41, 5.74) is 1.75. The molecule has 3 aromatic carbocycles. The van der Waals surface area contributed by atoms with Crippen LogP contribution < -0.4 is 14.2 Å². The van der Waals surface area contributed by atoms with Crippen molar-refractivity contribution < 1.29 is 28.5 Å². The zero-order valence-corrected chi connectivity index (χ0v) is 16.1. The fourth-order valence-corrected chi connectivity index (χ4v) is 3.14. The van der Waals surface area contributed by atoms with Crippen LogP contribution in [0.15, 0.2) is 48.5 Å². The predicted molar refractivity (Wildman–Crippen MR) is 105 cm³/mol. The van der Waals surface area contributed by atoms with E-state index in [1.165, 1.54) is 34.3 Å². The molecule has 0 aromatic heterocycles. The summed E-state index contributed by atoms with van der Waals surface area (Å²) >= 11 is 0. The molecule has 0 heterocycles. The minimum Gasteiger partial charge on any atom is -0.493 e. The molecule has 6 nitrogen and oxygen atoms in total. The van der Waals surface area contributed by atoms with E-state index in [1.54, 1.807) is 12.1 Å². The van der Waals surface area contributed by atoms with E-state index in [9.17, 15) is 9.59 Å². The lowest BCUT2D eigenvalue weighted by molar-refractivity contribution is -0.131. The first kappa shape index (κ1) is 19.2. The van der Waals surface area contributed by atoms with E-state index >= 15 is 0 Å². The summed E-state index contributed by atoms with van der Waals surface area (Å²) in [5, 5.41) is 1.28. The van der Waals surface area contributed by atoms with Crippen LogP contribution in [0.25, 0.3) is 21.9 Å². The Labute approximate surface area is 162 Å². The topological polar surface area (TPSA) is 71.1 Å². The van der Waals surface area contributed by atoms with Crippen molar-refractivity contribution in [2.45, 2.75) is 6.92 Å². The smallest absolute Gasteiger partial charge is 0.338 e. The summed E-state index contributed by atoms with van der Waals surface area (Å²) in [6.45, 7) is 1.30. The SMILES string of the molecule is COC(=O)c1cc(OC(C)=O)c2cc(OC)c(OC)cc2c1-c1ccccc1. The molecule has 0 saturated carbocycles. The number of methoxy groups -OCH3 is 3. The fraction of sp³-hybridized carbons (Fsp3) is 0.182. The van der Waals surface area contributed by atoms with Gasteiger partial charge in [-0.3, -0.25) is 4.79 Å². The Morgan fingerprint density at radius 2 is 1.39 bits per heavy atom. The summed E-state index contributed by atoms with van der Waals surface area (Å²) in [4.78, 5) is 24.2. The van der Waals surface area contributed by atoms with Crippen LogP contribution in [0.4, 0.5) is 0 Å². The third-order valence-corrected chi connectivity index (χ3v) is 4.32. The molecule has 0 aliphatic heterocycles. The van der Waals surface area contributed by atoms with Gasteiger partial charge >= 0.3 is 11.9 Å². The van der Waals surface area contributed by atoms with E-state index in [0.29, 0.717) is 27.8 Å². The molecular weight excluding hydrogens is 360 g/mol. The van der Waals surface area contributed by atoms with Crippen molar-refractivity contribution in [3.63, 3.8) is 0 Å². The van der Waals surface area contributed by atoms with Gasteiger partial charge in [0.2, 0.25) is 0 Å². The number of esters is 2. The van der Waals surface area contributed by atoms with E-state index in [1.807, 2.05) is 30.3 Å². The van der Waals surface area contributed by atoms with Gasteiger partial charge in [-0.2, -0.15) is 0 Å². The van der Waals surface area contributed by atoms with Gasteiger partial charge in [-0.1, -0.05) is 30.3 Å². The Kier molecular flexibility index (Phi) is 5.49. The van der Waals surface area contributed by atoms with Gasteiger partial charge in [-0.15, -0.1) is 0 Å². The number of benzene rings is 3. The number of hydrogen-bond acceptors (Lipinski definition) is 6. The molecule has 0 spiro atoms. The van der Waals surface area contributed by atoms with Crippen molar-refractivity contribution in [2.24, 2.45) is 0 Å². The molecule has 6 heteroatoms. The van der Waals surface area contributed by atoms with Gasteiger partial charge in [-0.25, -0.2) is 4.79 Å². The van der Waals surface area contributed by atoms with Gasteiger partial charge in [0, 0.05) is 17.9 Å². The maximum Gasteiger partial charge on any atom is 0.338 e. The molecule has 0 atom stereocenters. The van der Waals surface area contributed by atoms with Gasteiger partial charge in [0.25, 0.3) is 0 Å². The highest BCUT2D eigenvalue weighted by molar-refractivity contribution is 6.11. The van der Waals surface area contributed by atoms with Gasteiger partial charge in [0.1, 0.15) is 5.75 Å². The van der Waals surface area contributed by atoms with Crippen molar-refractivity contribution in [1.29, 1.82) is 0 Å². The van der Waals surface area contributed by atoms with Crippen LogP contribution in [-0.4, -0.2) is 33.3 Å². The minimum absolute atomic E-state index is 0.239. The summed E-state index contributed by atoms with van der Waals surface area (Å²) in [5.74, 6) is 0.169. The zero-order chi connectivity index (χ0) is 20.3. The maximum absolute atomic E-state index is 12.5. The highest BCUT2D eigenvalue weighted by Crippen LogP contribution is 2.43. The molecule has 144 valence electrons. The first-order valence-electron chi connectivity index (χ1n) is 8.55. The van der Waals surface area contributed by atoms with Crippen LogP contribution in [0.2, 0.25) is 0 Å². The molecule has 28 heavy (non-hydrogen) atoms. The number of carbonyl (C=O) groups is 2. The van der Waals surface area contributed by atoms with Crippen molar-refractivity contribution in [1.82, 2.24) is 0 Å². The third kappa shape index (κ3) is 3.49. The minimum atomic E-state index is -0.538. The number of carbonyl (C=O) groups excluding carboxylic acids is 2. The molecule has 0 unspecified atom stereocenters. The van der Waals surface area contributed by atoms with Crippen molar-refractivity contribution in [3.05, 3.63) is 54.1 Å². The van der Waals surface area contributed by atoms with Crippen LogP contribution in [0.3, 0.4) is 0 Å². The van der Waals surface area contributed by atoms with E-state index in [2.05, 4.69) is 0 Å². The molecule has 0 bridgehead atoms. The Morgan fingerprint density at radius 3 is 1.93 bits per heavy atom. The van der Waals surface area contributed by atoms with E-state index in [4.69, 9.17) is 18.9 Å². The molecule has 3 rings (SSSR count). The Balaban J connectivity index is 2.49. The van der Waals surface area contributed by atoms with Crippen molar-refractivity contribution in [3.8, 4) is 28.4 Å². The molecule has 0 N–H and O–H groups in total. The second-order valence-corrected chi connectivity index (χ2v) is 6.00. The van der Waals surface area contributed by atoms with Crippen LogP contribution in [0.1, 0.15) is 17.3 Å². The number of rotatable bonds is 5. The Morgan fingerprint density at radius 1 is 0.786 bits per heavy atom. The van der Waals surface area contributed by atoms with Crippen LogP contribution in [-0.2, 0) is 9.53 Å². The lowest BCUT2D eigenvalue weighted by atomic mass is 9.92. The average Bonchev–Trinajstić information content (AvgIpc) is 2.72. The summed E-state index contributed by atoms with van der Waals surface area (Å²) in [6.07, 6.45) is 0. The first-order valence-corrected chi connectivity index (χ1v) is 8.55. The van der Waals surface area contributed by atoms with E-state index in [0.717, 1.165) is 5.56 Å². The quantitative estimate of drug-likeness (QED) is 0.487. The molecule has 0 saturated heterocycles. The number of hydrogen-bond donors (Lipinski definition) is 0. The molecule has 0 radical (unpaired) electrons. The summed E-state index contributed by atoms with van der Waals surface area (Å²) in [6, 6.07) is 14.4. The first-order chi connectivity index (χ1) is 13.5. The number of ether oxygens (including phenoxy) is 4. The second kappa shape index (κ2) is 8.00. The average molecular weight is 380 g/mol. The van der Waals surface area contributed by atoms with Crippen LogP contribution in [0.5, 0.6) is 17.2 Å². The standard InChI is InChI=1S/C22H20O6/c1-13(23)28-18-12-17(22(24)27-4)21(14-8-6-5-7-9-14)16-11-20(26-3)19(25-2)10-15(16)18/h5-12H,1-4H3. The Hall–Kier alpha value is -3.54. The molecule has 0 amide bonds. The van der Waals surface area contributed by atoms with E-state index < -0.39 is 11.9 Å². The lowest BCUT2D eigenvalue weighted by Gasteiger charge is -2.18. The third-order valence-electron chi connectivity index (χ3n) is 4.32. The fourth-order valence-electron chi connectivity index (χ4n) is 3.14. The highest BCUT2D eigenvalue weighted by atomic mass is 16.5. The molecule has 0 fully saturated rings. The molecule has 3 aromatic rings. The molecular formula is C22H20O6. The monoisotopic (exact) mass is 380 g/mol. The maximum atomic E-state index is 12.5. The van der Waals surface area contributed by atoms with E-state index in [-0.39, 0.29) is 11.3 Å². The van der Waals surface area contributed by atoms with Gasteiger partial charge in [0.15, 0.2) is 11.5 Å². The van der Waals surface area contributed by atoms with Crippen LogP contribution >= 0.6 is 0 Å². The van der Waals surface area contributed by atoms with Gasteiger partial charge in [-0.05, 0) is 29.1 Å². The van der Waals surface area contributed by atoms with Crippen LogP contribution in [0, 0.1) is 0 Å². The predicted octanol–water partition coefficient (Wildman–Crippen LogP) is 4.24. The summed E-state index contributed by atoms with van der Waals surface area (Å²) in [7, 11) is 4.36. The number of fused-ring (bicyclic) bond motifs is 1. The summed E-state index contributed by atoms with van der Waals surface area (Å²) < 4.78 is 21.2. The lowest BCUT2D eigenvalue weighted by Crippen LogP contribution is -2.08. The van der Waals surface area contributed by atoms with Gasteiger partial charge < -0.3 is 18.9 Å². The Bertz CT molecular complexity index is 1040. The normalized spacial score (nSPS) is 10.4. The highest BCUT2D eigenvalue weighted by Gasteiger charge is 2.22.